The molecule has 2 atom stereocenters. The Hall–Kier alpha value is -3.74. The van der Waals surface area contributed by atoms with E-state index in [-0.39, 0.29) is 19.4 Å². The van der Waals surface area contributed by atoms with Gasteiger partial charge in [-0.1, -0.05) is 30.3 Å². The van der Waals surface area contributed by atoms with Crippen molar-refractivity contribution in [1.82, 2.24) is 16.0 Å². The lowest BCUT2D eigenvalue weighted by Crippen LogP contribution is -2.52. The highest BCUT2D eigenvalue weighted by Gasteiger charge is 2.28. The van der Waals surface area contributed by atoms with Crippen molar-refractivity contribution in [1.29, 1.82) is 0 Å². The van der Waals surface area contributed by atoms with E-state index in [1.807, 2.05) is 30.3 Å². The van der Waals surface area contributed by atoms with E-state index in [4.69, 9.17) is 15.9 Å². The smallest absolute Gasteiger partial charge is 0.407 e. The Morgan fingerprint density at radius 3 is 2.26 bits per heavy atom. The van der Waals surface area contributed by atoms with Gasteiger partial charge in [-0.3, -0.25) is 0 Å². The van der Waals surface area contributed by atoms with Gasteiger partial charge in [-0.15, -0.1) is 12.3 Å². The summed E-state index contributed by atoms with van der Waals surface area (Å²) in [4.78, 5) is 48.6. The molecule has 1 aromatic rings. The highest BCUT2D eigenvalue weighted by Crippen LogP contribution is 2.12. The van der Waals surface area contributed by atoms with Crippen molar-refractivity contribution in [2.75, 3.05) is 13.7 Å². The fourth-order valence-electron chi connectivity index (χ4n) is 2.87. The lowest BCUT2D eigenvalue weighted by atomic mass is 10.1. The zero-order valence-corrected chi connectivity index (χ0v) is 20.7. The van der Waals surface area contributed by atoms with Gasteiger partial charge in [0.05, 0.1) is 7.11 Å². The van der Waals surface area contributed by atoms with E-state index in [0.717, 1.165) is 5.56 Å². The minimum atomic E-state index is -1.05. The maximum atomic E-state index is 12.6. The predicted molar refractivity (Wildman–Crippen MR) is 129 cm³/mol. The first-order chi connectivity index (χ1) is 16.6. The summed E-state index contributed by atoms with van der Waals surface area (Å²) in [5.41, 5.74) is 0.124. The maximum absolute atomic E-state index is 12.6. The third-order valence-electron chi connectivity index (χ3n) is 4.51. The van der Waals surface area contributed by atoms with Crippen LogP contribution in [0, 0.1) is 12.3 Å². The van der Waals surface area contributed by atoms with Crippen LogP contribution in [-0.4, -0.2) is 55.4 Å². The van der Waals surface area contributed by atoms with E-state index in [1.54, 1.807) is 20.8 Å². The van der Waals surface area contributed by atoms with E-state index in [9.17, 15) is 19.2 Å². The number of terminal acetylenes is 1. The molecular formula is C25H35N3O7. The van der Waals surface area contributed by atoms with Gasteiger partial charge in [0.1, 0.15) is 24.3 Å². The van der Waals surface area contributed by atoms with Crippen LogP contribution in [0.5, 0.6) is 0 Å². The molecule has 0 saturated heterocycles. The number of hydrogen-bond donors (Lipinski definition) is 3. The van der Waals surface area contributed by atoms with Crippen molar-refractivity contribution in [2.45, 2.75) is 70.7 Å². The molecule has 35 heavy (non-hydrogen) atoms. The summed E-state index contributed by atoms with van der Waals surface area (Å²) in [6.07, 6.45) is 5.91. The average Bonchev–Trinajstić information content (AvgIpc) is 2.80. The number of rotatable bonds is 12. The maximum Gasteiger partial charge on any atom is 0.407 e. The molecule has 0 fully saturated rings. The van der Waals surface area contributed by atoms with Crippen LogP contribution in [0.4, 0.5) is 9.59 Å². The standard InChI is InChI=1S/C25H35N3O7/c1-6-12-19(21(29)33-5)27-23(31)28-20(22(30)35-25(2,3)4)15-10-11-16-26-24(32)34-17-18-13-8-7-9-14-18/h1,7-9,13-14,19-20H,10-12,15-17H2,2-5H3,(H,26,32)(H2,27,28,31)/t19-,20?/m0/s1. The number of unbranched alkanes of at least 4 members (excludes halogenated alkanes) is 1. The number of amides is 3. The fourth-order valence-corrected chi connectivity index (χ4v) is 2.87. The second kappa shape index (κ2) is 15.2. The molecule has 10 nitrogen and oxygen atoms in total. The lowest BCUT2D eigenvalue weighted by Gasteiger charge is -2.25. The van der Waals surface area contributed by atoms with Gasteiger partial charge in [-0.2, -0.15) is 0 Å². The van der Waals surface area contributed by atoms with Gasteiger partial charge >= 0.3 is 24.1 Å². The van der Waals surface area contributed by atoms with Crippen molar-refractivity contribution in [3.05, 3.63) is 35.9 Å². The van der Waals surface area contributed by atoms with Crippen LogP contribution in [0.1, 0.15) is 52.0 Å². The van der Waals surface area contributed by atoms with Crippen molar-refractivity contribution in [3.63, 3.8) is 0 Å². The van der Waals surface area contributed by atoms with Crippen LogP contribution in [0.3, 0.4) is 0 Å². The summed E-state index contributed by atoms with van der Waals surface area (Å²) in [6.45, 7) is 5.64. The third-order valence-corrected chi connectivity index (χ3v) is 4.51. The van der Waals surface area contributed by atoms with Crippen LogP contribution in [0.15, 0.2) is 30.3 Å². The molecule has 0 spiro atoms. The molecule has 0 aliphatic carbocycles. The minimum absolute atomic E-state index is 0.0662. The van der Waals surface area contributed by atoms with Gasteiger partial charge in [0.15, 0.2) is 0 Å². The van der Waals surface area contributed by atoms with Crippen molar-refractivity contribution < 1.29 is 33.4 Å². The Kier molecular flexibility index (Phi) is 12.7. The van der Waals surface area contributed by atoms with Gasteiger partial charge in [-0.05, 0) is 45.6 Å². The second-order valence-corrected chi connectivity index (χ2v) is 8.67. The second-order valence-electron chi connectivity index (χ2n) is 8.67. The number of nitrogens with one attached hydrogen (secondary N) is 3. The first-order valence-corrected chi connectivity index (χ1v) is 11.3. The molecule has 0 saturated carbocycles. The summed E-state index contributed by atoms with van der Waals surface area (Å²) in [6, 6.07) is 6.53. The van der Waals surface area contributed by atoms with Gasteiger partial charge in [0, 0.05) is 13.0 Å². The molecule has 1 unspecified atom stereocenters. The molecule has 0 aliphatic rings. The molecule has 0 radical (unpaired) electrons. The molecule has 1 rings (SSSR count). The first kappa shape index (κ1) is 29.3. The van der Waals surface area contributed by atoms with Crippen LogP contribution in [-0.2, 0) is 30.4 Å². The SMILES string of the molecule is C#CC[C@H](NC(=O)NC(CCCCNC(=O)OCc1ccccc1)C(=O)OC(C)(C)C)C(=O)OC. The number of ether oxygens (including phenoxy) is 3. The van der Waals surface area contributed by atoms with Crippen LogP contribution >= 0.6 is 0 Å². The molecule has 10 heteroatoms. The first-order valence-electron chi connectivity index (χ1n) is 11.3. The monoisotopic (exact) mass is 489 g/mol. The van der Waals surface area contributed by atoms with E-state index < -0.39 is 41.7 Å². The number of carbonyl (C=O) groups excluding carboxylic acids is 4. The van der Waals surface area contributed by atoms with Crippen molar-refractivity contribution in [3.8, 4) is 12.3 Å². The number of alkyl carbamates (subject to hydrolysis) is 1. The normalized spacial score (nSPS) is 12.3. The van der Waals surface area contributed by atoms with E-state index in [0.29, 0.717) is 19.4 Å². The Morgan fingerprint density at radius 1 is 1.00 bits per heavy atom. The zero-order valence-electron chi connectivity index (χ0n) is 20.7. The summed E-state index contributed by atoms with van der Waals surface area (Å²) in [5.74, 6) is 0.978. The fraction of sp³-hybridized carbons (Fsp3) is 0.520. The molecule has 0 aliphatic heterocycles. The van der Waals surface area contributed by atoms with E-state index >= 15 is 0 Å². The highest BCUT2D eigenvalue weighted by molar-refractivity contribution is 5.87. The molecule has 1 aromatic carbocycles. The third kappa shape index (κ3) is 12.9. The van der Waals surface area contributed by atoms with Crippen molar-refractivity contribution in [2.24, 2.45) is 0 Å². The molecular weight excluding hydrogens is 454 g/mol. The Balaban J connectivity index is 2.54. The zero-order chi connectivity index (χ0) is 26.3. The quantitative estimate of drug-likeness (QED) is 0.178. The van der Waals surface area contributed by atoms with Gasteiger partial charge in [0.2, 0.25) is 0 Å². The summed E-state index contributed by atoms with van der Waals surface area (Å²) < 4.78 is 15.2. The summed E-state index contributed by atoms with van der Waals surface area (Å²) in [7, 11) is 1.18. The number of hydrogen-bond acceptors (Lipinski definition) is 7. The van der Waals surface area contributed by atoms with Gasteiger partial charge in [0.25, 0.3) is 0 Å². The lowest BCUT2D eigenvalue weighted by molar-refractivity contribution is -0.157. The Morgan fingerprint density at radius 2 is 1.66 bits per heavy atom. The highest BCUT2D eigenvalue weighted by atomic mass is 16.6. The van der Waals surface area contributed by atoms with Gasteiger partial charge < -0.3 is 30.2 Å². The van der Waals surface area contributed by atoms with Crippen molar-refractivity contribution >= 4 is 24.1 Å². The number of esters is 2. The van der Waals surface area contributed by atoms with E-state index in [1.165, 1.54) is 7.11 Å². The number of methoxy groups -OCH3 is 1. The molecule has 3 N–H and O–H groups in total. The predicted octanol–water partition coefficient (Wildman–Crippen LogP) is 2.66. The summed E-state index contributed by atoms with van der Waals surface area (Å²) >= 11 is 0. The molecule has 0 heterocycles. The van der Waals surface area contributed by atoms with Crippen LogP contribution in [0.25, 0.3) is 0 Å². The summed E-state index contributed by atoms with van der Waals surface area (Å²) in [5, 5.41) is 7.59. The Bertz CT molecular complexity index is 875. The van der Waals surface area contributed by atoms with Gasteiger partial charge in [-0.25, -0.2) is 19.2 Å². The largest absolute Gasteiger partial charge is 0.467 e. The molecule has 0 bridgehead atoms. The number of carbonyl (C=O) groups is 4. The topological polar surface area (TPSA) is 132 Å². The average molecular weight is 490 g/mol. The molecule has 0 aromatic heterocycles. The van der Waals surface area contributed by atoms with Crippen LogP contribution in [0.2, 0.25) is 0 Å². The molecule has 192 valence electrons. The number of benzene rings is 1. The van der Waals surface area contributed by atoms with E-state index in [2.05, 4.69) is 26.6 Å². The van der Waals surface area contributed by atoms with Crippen LogP contribution < -0.4 is 16.0 Å². The number of urea groups is 1. The Labute approximate surface area is 206 Å². The molecule has 3 amide bonds. The minimum Gasteiger partial charge on any atom is -0.467 e.